The maximum atomic E-state index is 11.8. The van der Waals surface area contributed by atoms with Gasteiger partial charge in [0.2, 0.25) is 5.75 Å². The average molecular weight is 286 g/mol. The van der Waals surface area contributed by atoms with Crippen molar-refractivity contribution in [2.75, 3.05) is 13.2 Å². The summed E-state index contributed by atoms with van der Waals surface area (Å²) in [4.78, 5) is 22.6. The number of carboxylic acid groups (broad SMARTS) is 1. The zero-order chi connectivity index (χ0) is 15.5. The molecule has 0 aromatic heterocycles. The Kier molecular flexibility index (Phi) is 4.53. The van der Waals surface area contributed by atoms with Gasteiger partial charge in [0.15, 0.2) is 11.5 Å². The number of ether oxygens (including phenoxy) is 1. The zero-order valence-corrected chi connectivity index (χ0v) is 10.5. The highest BCUT2D eigenvalue weighted by molar-refractivity contribution is 5.90. The maximum absolute atomic E-state index is 11.8. The minimum atomic E-state index is -1.62. The monoisotopic (exact) mass is 286 g/mol. The molecule has 0 fully saturated rings. The second-order valence-corrected chi connectivity index (χ2v) is 4.41. The van der Waals surface area contributed by atoms with Crippen molar-refractivity contribution >= 4 is 11.9 Å². The Bertz CT molecular complexity index is 533. The van der Waals surface area contributed by atoms with Crippen LogP contribution in [-0.4, -0.2) is 50.7 Å². The summed E-state index contributed by atoms with van der Waals surface area (Å²) in [6.07, 6.45) is 0. The Morgan fingerprint density at radius 1 is 1.20 bits per heavy atom. The molecule has 1 rings (SSSR count). The molecular weight excluding hydrogens is 272 g/mol. The number of carbonyl (C=O) groups excluding carboxylic acids is 1. The predicted molar refractivity (Wildman–Crippen MR) is 64.6 cm³/mol. The number of benzene rings is 1. The fourth-order valence-corrected chi connectivity index (χ4v) is 1.20. The molecule has 0 aliphatic heterocycles. The van der Waals surface area contributed by atoms with E-state index < -0.39 is 53.4 Å². The van der Waals surface area contributed by atoms with Gasteiger partial charge in [-0.1, -0.05) is 0 Å². The predicted octanol–water partition coefficient (Wildman–Crippen LogP) is -0.308. The molecular formula is C12H14O8. The second-order valence-electron chi connectivity index (χ2n) is 4.41. The number of hydrogen-bond donors (Lipinski definition) is 5. The van der Waals surface area contributed by atoms with Gasteiger partial charge < -0.3 is 30.3 Å². The quantitative estimate of drug-likeness (QED) is 0.281. The van der Waals surface area contributed by atoms with Gasteiger partial charge >= 0.3 is 11.9 Å². The van der Waals surface area contributed by atoms with E-state index in [2.05, 4.69) is 0 Å². The Morgan fingerprint density at radius 3 is 2.20 bits per heavy atom. The lowest BCUT2D eigenvalue weighted by Crippen LogP contribution is -2.38. The molecule has 8 nitrogen and oxygen atoms in total. The lowest BCUT2D eigenvalue weighted by molar-refractivity contribution is -0.150. The number of rotatable bonds is 5. The molecule has 0 amide bonds. The molecule has 0 unspecified atom stereocenters. The highest BCUT2D eigenvalue weighted by Gasteiger charge is 2.35. The van der Waals surface area contributed by atoms with Crippen molar-refractivity contribution in [1.29, 1.82) is 0 Å². The van der Waals surface area contributed by atoms with Crippen LogP contribution in [0.25, 0.3) is 0 Å². The molecule has 0 saturated heterocycles. The molecule has 20 heavy (non-hydrogen) atoms. The number of aromatic carboxylic acids is 1. The summed E-state index contributed by atoms with van der Waals surface area (Å²) in [7, 11) is 0. The Morgan fingerprint density at radius 2 is 1.75 bits per heavy atom. The smallest absolute Gasteiger partial charge is 0.335 e. The van der Waals surface area contributed by atoms with Crippen LogP contribution in [0.3, 0.4) is 0 Å². The number of aromatic hydroxyl groups is 2. The normalized spacial score (nSPS) is 11.2. The largest absolute Gasteiger partial charge is 0.504 e. The van der Waals surface area contributed by atoms with Gasteiger partial charge in [0, 0.05) is 0 Å². The van der Waals surface area contributed by atoms with Gasteiger partial charge in [0.1, 0.15) is 5.41 Å². The van der Waals surface area contributed by atoms with E-state index in [1.54, 1.807) is 0 Å². The number of hydrogen-bond acceptors (Lipinski definition) is 7. The topological polar surface area (TPSA) is 145 Å². The number of phenolic OH excluding ortho intramolecular Hbond substituents is 2. The highest BCUT2D eigenvalue weighted by atomic mass is 16.5. The van der Waals surface area contributed by atoms with Crippen molar-refractivity contribution in [2.24, 2.45) is 5.41 Å². The van der Waals surface area contributed by atoms with Crippen LogP contribution in [0.4, 0.5) is 0 Å². The third kappa shape index (κ3) is 2.98. The first-order valence-corrected chi connectivity index (χ1v) is 5.48. The number of phenols is 2. The van der Waals surface area contributed by atoms with Crippen LogP contribution in [0.1, 0.15) is 17.3 Å². The lowest BCUT2D eigenvalue weighted by atomic mass is 9.93. The van der Waals surface area contributed by atoms with Crippen molar-refractivity contribution in [3.8, 4) is 17.2 Å². The maximum Gasteiger partial charge on any atom is 0.335 e. The summed E-state index contributed by atoms with van der Waals surface area (Å²) in [6, 6.07) is 1.62. The summed E-state index contributed by atoms with van der Waals surface area (Å²) in [6.45, 7) is -0.214. The molecule has 0 radical (unpaired) electrons. The van der Waals surface area contributed by atoms with Crippen LogP contribution in [0.5, 0.6) is 17.2 Å². The second kappa shape index (κ2) is 5.76. The summed E-state index contributed by atoms with van der Waals surface area (Å²) in [5.41, 5.74) is -2.03. The fraction of sp³-hybridized carbons (Fsp3) is 0.333. The molecule has 0 spiro atoms. The van der Waals surface area contributed by atoms with E-state index in [1.807, 2.05) is 0 Å². The summed E-state index contributed by atoms with van der Waals surface area (Å²) in [5.74, 6) is -4.66. The lowest BCUT2D eigenvalue weighted by Gasteiger charge is -2.22. The van der Waals surface area contributed by atoms with E-state index in [1.165, 1.54) is 6.92 Å². The number of esters is 1. The molecule has 0 aliphatic carbocycles. The minimum absolute atomic E-state index is 0.405. The molecule has 1 aromatic carbocycles. The van der Waals surface area contributed by atoms with Crippen LogP contribution >= 0.6 is 0 Å². The molecule has 5 N–H and O–H groups in total. The third-order valence-corrected chi connectivity index (χ3v) is 2.70. The Balaban J connectivity index is 3.15. The van der Waals surface area contributed by atoms with Gasteiger partial charge in [-0.05, 0) is 19.1 Å². The minimum Gasteiger partial charge on any atom is -0.504 e. The molecule has 8 heteroatoms. The molecule has 0 atom stereocenters. The Hall–Kier alpha value is -2.32. The van der Waals surface area contributed by atoms with Gasteiger partial charge in [-0.15, -0.1) is 0 Å². The molecule has 0 saturated carbocycles. The number of carbonyl (C=O) groups is 2. The first-order chi connectivity index (χ1) is 9.25. The van der Waals surface area contributed by atoms with Crippen LogP contribution in [0.15, 0.2) is 12.1 Å². The first kappa shape index (κ1) is 15.7. The fourth-order valence-electron chi connectivity index (χ4n) is 1.20. The summed E-state index contributed by atoms with van der Waals surface area (Å²) in [5, 5.41) is 45.7. The molecule has 0 heterocycles. The Labute approximate surface area is 113 Å². The van der Waals surface area contributed by atoms with Crippen LogP contribution in [-0.2, 0) is 4.79 Å². The van der Waals surface area contributed by atoms with E-state index in [9.17, 15) is 19.8 Å². The van der Waals surface area contributed by atoms with Crippen molar-refractivity contribution in [1.82, 2.24) is 0 Å². The third-order valence-electron chi connectivity index (χ3n) is 2.70. The standard InChI is InChI=1S/C12H14O8/c1-12(4-13,5-14)11(19)20-8-3-6(10(17)18)2-7(15)9(8)16/h2-3,13-16H,4-5H2,1H3,(H,17,18). The summed E-state index contributed by atoms with van der Waals surface area (Å²) < 4.78 is 4.73. The number of aliphatic hydroxyl groups is 2. The van der Waals surface area contributed by atoms with E-state index in [-0.39, 0.29) is 0 Å². The van der Waals surface area contributed by atoms with Gasteiger partial charge in [-0.2, -0.15) is 0 Å². The first-order valence-electron chi connectivity index (χ1n) is 5.48. The molecule has 1 aromatic rings. The SMILES string of the molecule is CC(CO)(CO)C(=O)Oc1cc(C(=O)O)cc(O)c1O. The van der Waals surface area contributed by atoms with E-state index >= 15 is 0 Å². The van der Waals surface area contributed by atoms with Crippen LogP contribution < -0.4 is 4.74 Å². The molecule has 110 valence electrons. The number of carboxylic acids is 1. The van der Waals surface area contributed by atoms with E-state index in [0.717, 1.165) is 12.1 Å². The zero-order valence-electron chi connectivity index (χ0n) is 10.5. The van der Waals surface area contributed by atoms with Crippen molar-refractivity contribution in [3.05, 3.63) is 17.7 Å². The van der Waals surface area contributed by atoms with E-state index in [0.29, 0.717) is 0 Å². The number of aliphatic hydroxyl groups excluding tert-OH is 2. The van der Waals surface area contributed by atoms with Crippen molar-refractivity contribution < 1.29 is 39.9 Å². The van der Waals surface area contributed by atoms with Crippen molar-refractivity contribution in [2.45, 2.75) is 6.92 Å². The molecule has 0 aliphatic rings. The van der Waals surface area contributed by atoms with Gasteiger partial charge in [-0.25, -0.2) is 4.79 Å². The molecule has 0 bridgehead atoms. The van der Waals surface area contributed by atoms with Gasteiger partial charge in [-0.3, -0.25) is 4.79 Å². The van der Waals surface area contributed by atoms with Crippen LogP contribution in [0.2, 0.25) is 0 Å². The van der Waals surface area contributed by atoms with Crippen LogP contribution in [0, 0.1) is 5.41 Å². The average Bonchev–Trinajstić information content (AvgIpc) is 2.42. The van der Waals surface area contributed by atoms with Crippen molar-refractivity contribution in [3.63, 3.8) is 0 Å². The van der Waals surface area contributed by atoms with Gasteiger partial charge in [0.05, 0.1) is 18.8 Å². The summed E-state index contributed by atoms with van der Waals surface area (Å²) >= 11 is 0. The van der Waals surface area contributed by atoms with E-state index in [4.69, 9.17) is 20.1 Å². The van der Waals surface area contributed by atoms with Gasteiger partial charge in [0.25, 0.3) is 0 Å². The highest BCUT2D eigenvalue weighted by Crippen LogP contribution is 2.37.